The average molecular weight is 284 g/mol. The van der Waals surface area contributed by atoms with Gasteiger partial charge >= 0.3 is 0 Å². The number of hydrogen-bond donors (Lipinski definition) is 1. The first-order chi connectivity index (χ1) is 8.61. The van der Waals surface area contributed by atoms with Crippen molar-refractivity contribution >= 4 is 34.7 Å². The molecule has 0 aromatic heterocycles. The van der Waals surface area contributed by atoms with Crippen LogP contribution in [0.15, 0.2) is 18.2 Å². The van der Waals surface area contributed by atoms with Crippen molar-refractivity contribution in [1.82, 2.24) is 0 Å². The molecule has 1 fully saturated rings. The van der Waals surface area contributed by atoms with Crippen molar-refractivity contribution in [3.8, 4) is 0 Å². The Morgan fingerprint density at radius 2 is 2.39 bits per heavy atom. The molecule has 98 valence electrons. The zero-order valence-electron chi connectivity index (χ0n) is 10.4. The number of thioether (sulfide) groups is 1. The van der Waals surface area contributed by atoms with Gasteiger partial charge in [-0.15, -0.1) is 0 Å². The third-order valence-corrected chi connectivity index (χ3v) is 4.77. The highest BCUT2D eigenvalue weighted by Crippen LogP contribution is 2.26. The summed E-state index contributed by atoms with van der Waals surface area (Å²) in [4.78, 5) is 2.34. The molecule has 1 heterocycles. The largest absolute Gasteiger partial charge is 0.389 e. The number of halogens is 1. The van der Waals surface area contributed by atoms with E-state index in [4.69, 9.17) is 18.0 Å². The third-order valence-electron chi connectivity index (χ3n) is 3.18. The van der Waals surface area contributed by atoms with Crippen LogP contribution >= 0.6 is 24.0 Å². The molecule has 1 aromatic carbocycles. The molecule has 5 heteroatoms. The summed E-state index contributed by atoms with van der Waals surface area (Å²) in [6.07, 6.45) is 1.15. The molecule has 2 N–H and O–H groups in total. The molecule has 2 rings (SSSR count). The van der Waals surface area contributed by atoms with Crippen LogP contribution in [0.1, 0.15) is 18.9 Å². The predicted octanol–water partition coefficient (Wildman–Crippen LogP) is 2.79. The van der Waals surface area contributed by atoms with E-state index in [1.54, 1.807) is 6.07 Å². The van der Waals surface area contributed by atoms with Gasteiger partial charge in [0.05, 0.1) is 0 Å². The van der Waals surface area contributed by atoms with Gasteiger partial charge in [-0.2, -0.15) is 11.8 Å². The maximum absolute atomic E-state index is 13.8. The van der Waals surface area contributed by atoms with Crippen LogP contribution in [0.3, 0.4) is 0 Å². The minimum absolute atomic E-state index is 0.111. The topological polar surface area (TPSA) is 29.3 Å². The van der Waals surface area contributed by atoms with E-state index in [2.05, 4.69) is 11.8 Å². The second kappa shape index (κ2) is 5.89. The summed E-state index contributed by atoms with van der Waals surface area (Å²) in [7, 11) is 0. The second-order valence-corrected chi connectivity index (χ2v) is 6.22. The molecule has 18 heavy (non-hydrogen) atoms. The van der Waals surface area contributed by atoms with Gasteiger partial charge in [-0.25, -0.2) is 4.39 Å². The number of thiocarbonyl (C=S) groups is 1. The van der Waals surface area contributed by atoms with Crippen LogP contribution in [0.5, 0.6) is 0 Å². The van der Waals surface area contributed by atoms with Gasteiger partial charge in [-0.1, -0.05) is 19.1 Å². The van der Waals surface area contributed by atoms with E-state index in [-0.39, 0.29) is 10.8 Å². The van der Waals surface area contributed by atoms with Crippen LogP contribution in [0.4, 0.5) is 10.1 Å². The highest BCUT2D eigenvalue weighted by molar-refractivity contribution is 8.00. The van der Waals surface area contributed by atoms with Crippen LogP contribution in [0, 0.1) is 5.82 Å². The Balaban J connectivity index is 2.18. The highest BCUT2D eigenvalue weighted by atomic mass is 32.2. The summed E-state index contributed by atoms with van der Waals surface area (Å²) in [5.74, 6) is 0.767. The lowest BCUT2D eigenvalue weighted by Gasteiger charge is -2.33. The maximum atomic E-state index is 13.8. The van der Waals surface area contributed by atoms with Crippen molar-refractivity contribution in [2.75, 3.05) is 23.7 Å². The number of nitrogens with two attached hydrogens (primary N) is 1. The zero-order chi connectivity index (χ0) is 13.1. The fourth-order valence-corrected chi connectivity index (χ4v) is 3.45. The quantitative estimate of drug-likeness (QED) is 0.864. The molecule has 0 radical (unpaired) electrons. The summed E-state index contributed by atoms with van der Waals surface area (Å²) in [5.41, 5.74) is 6.71. The van der Waals surface area contributed by atoms with E-state index in [0.29, 0.717) is 10.8 Å². The van der Waals surface area contributed by atoms with E-state index in [1.807, 2.05) is 17.8 Å². The molecular weight excluding hydrogens is 267 g/mol. The van der Waals surface area contributed by atoms with Gasteiger partial charge in [0, 0.05) is 35.3 Å². The Hall–Kier alpha value is -0.810. The normalized spacial score (nSPS) is 19.9. The minimum atomic E-state index is -0.328. The Kier molecular flexibility index (Phi) is 4.45. The lowest BCUT2D eigenvalue weighted by molar-refractivity contribution is 0.623. The molecular formula is C13H17FN2S2. The highest BCUT2D eigenvalue weighted by Gasteiger charge is 2.20. The molecule has 1 aliphatic heterocycles. The Morgan fingerprint density at radius 1 is 1.61 bits per heavy atom. The molecule has 1 unspecified atom stereocenters. The summed E-state index contributed by atoms with van der Waals surface area (Å²) in [6, 6.07) is 5.12. The summed E-state index contributed by atoms with van der Waals surface area (Å²) in [6.45, 7) is 4.14. The van der Waals surface area contributed by atoms with E-state index < -0.39 is 0 Å². The SMILES string of the molecule is CCC1CN(c2ccc(C(N)=S)c(F)c2)CCS1. The van der Waals surface area contributed by atoms with Gasteiger partial charge in [0.15, 0.2) is 0 Å². The average Bonchev–Trinajstić information content (AvgIpc) is 2.38. The maximum Gasteiger partial charge on any atom is 0.135 e. The van der Waals surface area contributed by atoms with E-state index in [9.17, 15) is 4.39 Å². The number of benzene rings is 1. The van der Waals surface area contributed by atoms with Gasteiger partial charge in [0.25, 0.3) is 0 Å². The molecule has 0 amide bonds. The summed E-state index contributed by atoms with van der Waals surface area (Å²) < 4.78 is 13.8. The van der Waals surface area contributed by atoms with Crippen LogP contribution < -0.4 is 10.6 Å². The first kappa shape index (κ1) is 13.6. The number of nitrogens with zero attached hydrogens (tertiary/aromatic N) is 1. The van der Waals surface area contributed by atoms with Crippen LogP contribution in [-0.2, 0) is 0 Å². The van der Waals surface area contributed by atoms with E-state index in [0.717, 1.165) is 31.0 Å². The predicted molar refractivity (Wildman–Crippen MR) is 81.0 cm³/mol. The van der Waals surface area contributed by atoms with E-state index in [1.165, 1.54) is 6.07 Å². The number of anilines is 1. The molecule has 0 saturated carbocycles. The van der Waals surface area contributed by atoms with Crippen molar-refractivity contribution in [2.24, 2.45) is 5.73 Å². The summed E-state index contributed by atoms with van der Waals surface area (Å²) >= 11 is 6.81. The molecule has 1 aromatic rings. The summed E-state index contributed by atoms with van der Waals surface area (Å²) in [5, 5.41) is 0.636. The van der Waals surface area contributed by atoms with Gasteiger partial charge in [0.2, 0.25) is 0 Å². The zero-order valence-corrected chi connectivity index (χ0v) is 12.0. The van der Waals surface area contributed by atoms with Crippen molar-refractivity contribution < 1.29 is 4.39 Å². The molecule has 2 nitrogen and oxygen atoms in total. The monoisotopic (exact) mass is 284 g/mol. The first-order valence-corrected chi connectivity index (χ1v) is 7.53. The van der Waals surface area contributed by atoms with E-state index >= 15 is 0 Å². The first-order valence-electron chi connectivity index (χ1n) is 6.07. The fraction of sp³-hybridized carbons (Fsp3) is 0.462. The Labute approximate surface area is 117 Å². The number of rotatable bonds is 3. The van der Waals surface area contributed by atoms with Crippen molar-refractivity contribution in [2.45, 2.75) is 18.6 Å². The van der Waals surface area contributed by atoms with Crippen LogP contribution in [0.2, 0.25) is 0 Å². The Bertz CT molecular complexity index is 451. The molecule has 1 atom stereocenters. The Morgan fingerprint density at radius 3 is 3.00 bits per heavy atom. The van der Waals surface area contributed by atoms with Gasteiger partial charge < -0.3 is 10.6 Å². The lowest BCUT2D eigenvalue weighted by Crippen LogP contribution is -2.37. The van der Waals surface area contributed by atoms with Crippen molar-refractivity contribution in [3.05, 3.63) is 29.6 Å². The smallest absolute Gasteiger partial charge is 0.135 e. The standard InChI is InChI=1S/C13H17FN2S2/c1-2-10-8-16(5-6-18-10)9-3-4-11(13(15)17)12(14)7-9/h3-4,7,10H,2,5-6,8H2,1H3,(H2,15,17). The van der Waals surface area contributed by atoms with Gasteiger partial charge in [-0.3, -0.25) is 0 Å². The fourth-order valence-electron chi connectivity index (χ4n) is 2.10. The minimum Gasteiger partial charge on any atom is -0.389 e. The van der Waals surface area contributed by atoms with Crippen LogP contribution in [-0.4, -0.2) is 29.1 Å². The van der Waals surface area contributed by atoms with Crippen molar-refractivity contribution in [3.63, 3.8) is 0 Å². The third kappa shape index (κ3) is 2.95. The lowest BCUT2D eigenvalue weighted by atomic mass is 10.1. The molecule has 0 aliphatic carbocycles. The van der Waals surface area contributed by atoms with Gasteiger partial charge in [-0.05, 0) is 24.6 Å². The molecule has 0 spiro atoms. The molecule has 1 aliphatic rings. The van der Waals surface area contributed by atoms with Crippen LogP contribution in [0.25, 0.3) is 0 Å². The number of hydrogen-bond acceptors (Lipinski definition) is 3. The molecule has 0 bridgehead atoms. The van der Waals surface area contributed by atoms with Crippen molar-refractivity contribution in [1.29, 1.82) is 0 Å². The van der Waals surface area contributed by atoms with Gasteiger partial charge in [0.1, 0.15) is 10.8 Å². The molecule has 1 saturated heterocycles. The second-order valence-electron chi connectivity index (χ2n) is 4.38.